The van der Waals surface area contributed by atoms with E-state index < -0.39 is 0 Å². The van der Waals surface area contributed by atoms with Crippen molar-refractivity contribution in [2.24, 2.45) is 7.05 Å². The number of aromatic nitrogens is 6. The third kappa shape index (κ3) is 4.21. The van der Waals surface area contributed by atoms with E-state index in [1.807, 2.05) is 54.9 Å². The SMILES string of the molecule is Cc1cc(Nc2ncnc3cnc(N4CCC(C)S4)nc23)ccc1Oc1ccc2c(c1)ncn2C. The average Bonchev–Trinajstić information content (AvgIpc) is 3.46. The lowest BCUT2D eigenvalue weighted by Crippen LogP contribution is -2.13. The fourth-order valence-electron chi connectivity index (χ4n) is 4.11. The van der Waals surface area contributed by atoms with E-state index in [4.69, 9.17) is 9.72 Å². The molecule has 1 atom stereocenters. The van der Waals surface area contributed by atoms with Crippen LogP contribution >= 0.6 is 11.9 Å². The maximum Gasteiger partial charge on any atom is 0.236 e. The Morgan fingerprint density at radius 1 is 1.06 bits per heavy atom. The van der Waals surface area contributed by atoms with Crippen LogP contribution in [0.2, 0.25) is 0 Å². The van der Waals surface area contributed by atoms with Crippen LogP contribution in [0.5, 0.6) is 11.5 Å². The molecule has 1 aliphatic rings. The molecule has 0 bridgehead atoms. The van der Waals surface area contributed by atoms with Crippen molar-refractivity contribution in [3.05, 3.63) is 60.8 Å². The first-order chi connectivity index (χ1) is 17.0. The van der Waals surface area contributed by atoms with E-state index >= 15 is 0 Å². The molecule has 2 aromatic carbocycles. The minimum Gasteiger partial charge on any atom is -0.457 e. The zero-order chi connectivity index (χ0) is 23.9. The lowest BCUT2D eigenvalue weighted by Gasteiger charge is -2.15. The molecule has 1 saturated heterocycles. The van der Waals surface area contributed by atoms with Crippen molar-refractivity contribution in [3.63, 3.8) is 0 Å². The molecule has 176 valence electrons. The quantitative estimate of drug-likeness (QED) is 0.329. The highest BCUT2D eigenvalue weighted by atomic mass is 32.2. The van der Waals surface area contributed by atoms with E-state index in [0.29, 0.717) is 28.0 Å². The number of hydrogen-bond donors (Lipinski definition) is 1. The molecule has 0 aliphatic carbocycles. The Balaban J connectivity index is 1.25. The number of benzene rings is 2. The molecule has 1 aliphatic heterocycles. The molecule has 35 heavy (non-hydrogen) atoms. The van der Waals surface area contributed by atoms with E-state index in [2.05, 4.69) is 36.5 Å². The minimum absolute atomic E-state index is 0.563. The summed E-state index contributed by atoms with van der Waals surface area (Å²) in [6.45, 7) is 5.17. The topological polar surface area (TPSA) is 93.9 Å². The van der Waals surface area contributed by atoms with Crippen LogP contribution in [0, 0.1) is 6.92 Å². The van der Waals surface area contributed by atoms with Crippen LogP contribution in [-0.2, 0) is 7.05 Å². The number of imidazole rings is 1. The molecule has 0 saturated carbocycles. The van der Waals surface area contributed by atoms with Crippen molar-refractivity contribution in [1.82, 2.24) is 29.5 Å². The van der Waals surface area contributed by atoms with E-state index in [1.54, 1.807) is 24.5 Å². The van der Waals surface area contributed by atoms with Crippen molar-refractivity contribution >= 4 is 51.5 Å². The Morgan fingerprint density at radius 3 is 2.80 bits per heavy atom. The largest absolute Gasteiger partial charge is 0.457 e. The molecule has 1 fully saturated rings. The Kier molecular flexibility index (Phi) is 5.37. The maximum atomic E-state index is 6.15. The number of ether oxygens (including phenoxy) is 1. The first kappa shape index (κ1) is 21.6. The van der Waals surface area contributed by atoms with Gasteiger partial charge in [0.15, 0.2) is 5.82 Å². The van der Waals surface area contributed by atoms with E-state index in [9.17, 15) is 0 Å². The molecule has 9 nitrogen and oxygen atoms in total. The smallest absolute Gasteiger partial charge is 0.236 e. The summed E-state index contributed by atoms with van der Waals surface area (Å²) in [5, 5.41) is 3.96. The van der Waals surface area contributed by atoms with Gasteiger partial charge in [-0.15, -0.1) is 0 Å². The van der Waals surface area contributed by atoms with Crippen molar-refractivity contribution in [1.29, 1.82) is 0 Å². The third-order valence-corrected chi connectivity index (χ3v) is 7.19. The van der Waals surface area contributed by atoms with Gasteiger partial charge in [-0.1, -0.05) is 6.92 Å². The zero-order valence-electron chi connectivity index (χ0n) is 19.6. The average molecular weight is 485 g/mol. The molecule has 1 N–H and O–H groups in total. The number of nitrogens with zero attached hydrogens (tertiary/aromatic N) is 7. The minimum atomic E-state index is 0.563. The van der Waals surface area contributed by atoms with Gasteiger partial charge in [-0.05, 0) is 61.2 Å². The van der Waals surface area contributed by atoms with Gasteiger partial charge in [-0.2, -0.15) is 0 Å². The van der Waals surface area contributed by atoms with Gasteiger partial charge in [-0.25, -0.2) is 24.9 Å². The summed E-state index contributed by atoms with van der Waals surface area (Å²) in [5.41, 5.74) is 5.24. The monoisotopic (exact) mass is 484 g/mol. The number of rotatable bonds is 5. The Bertz CT molecular complexity index is 1550. The fraction of sp³-hybridized carbons (Fsp3) is 0.240. The molecule has 0 radical (unpaired) electrons. The van der Waals surface area contributed by atoms with Crippen LogP contribution in [-0.4, -0.2) is 41.3 Å². The molecule has 5 aromatic rings. The summed E-state index contributed by atoms with van der Waals surface area (Å²) < 4.78 is 10.3. The van der Waals surface area contributed by atoms with Gasteiger partial charge < -0.3 is 14.6 Å². The molecule has 0 spiro atoms. The van der Waals surface area contributed by atoms with Crippen molar-refractivity contribution in [3.8, 4) is 11.5 Å². The summed E-state index contributed by atoms with van der Waals surface area (Å²) in [6.07, 6.45) is 6.20. The second-order valence-electron chi connectivity index (χ2n) is 8.65. The normalized spacial score (nSPS) is 15.7. The van der Waals surface area contributed by atoms with Crippen molar-refractivity contribution in [2.45, 2.75) is 25.5 Å². The molecule has 4 heterocycles. The lowest BCUT2D eigenvalue weighted by atomic mass is 10.2. The van der Waals surface area contributed by atoms with Gasteiger partial charge in [-0.3, -0.25) is 4.31 Å². The molecule has 1 unspecified atom stereocenters. The first-order valence-electron chi connectivity index (χ1n) is 11.4. The molecule has 3 aromatic heterocycles. The predicted molar refractivity (Wildman–Crippen MR) is 139 cm³/mol. The summed E-state index contributed by atoms with van der Waals surface area (Å²) in [5.74, 6) is 2.86. The Labute approximate surface area is 206 Å². The van der Waals surface area contributed by atoms with E-state index in [1.165, 1.54) is 6.33 Å². The Hall–Kier alpha value is -3.92. The molecule has 6 rings (SSSR count). The first-order valence-corrected chi connectivity index (χ1v) is 12.3. The highest BCUT2D eigenvalue weighted by Gasteiger charge is 2.23. The molecular formula is C25H24N8OS. The zero-order valence-corrected chi connectivity index (χ0v) is 20.5. The van der Waals surface area contributed by atoms with E-state index in [0.717, 1.165) is 46.7 Å². The number of hydrogen-bond acceptors (Lipinski definition) is 9. The summed E-state index contributed by atoms with van der Waals surface area (Å²) >= 11 is 1.77. The number of fused-ring (bicyclic) bond motifs is 2. The van der Waals surface area contributed by atoms with Crippen LogP contribution in [0.3, 0.4) is 0 Å². The second kappa shape index (κ2) is 8.70. The molecule has 10 heteroatoms. The fourth-order valence-corrected chi connectivity index (χ4v) is 5.15. The number of nitrogens with one attached hydrogen (secondary N) is 1. The number of anilines is 3. The third-order valence-electron chi connectivity index (χ3n) is 6.00. The second-order valence-corrected chi connectivity index (χ2v) is 10.1. The van der Waals surface area contributed by atoms with Crippen LogP contribution in [0.25, 0.3) is 22.1 Å². The van der Waals surface area contributed by atoms with Gasteiger partial charge in [0.05, 0.1) is 23.6 Å². The van der Waals surface area contributed by atoms with Gasteiger partial charge in [0.1, 0.15) is 28.9 Å². The summed E-state index contributed by atoms with van der Waals surface area (Å²) in [4.78, 5) is 22.5. The highest BCUT2D eigenvalue weighted by Crippen LogP contribution is 2.33. The summed E-state index contributed by atoms with van der Waals surface area (Å²) in [7, 11) is 1.98. The number of aryl methyl sites for hydroxylation is 2. The van der Waals surface area contributed by atoms with Crippen molar-refractivity contribution < 1.29 is 4.74 Å². The Morgan fingerprint density at radius 2 is 1.97 bits per heavy atom. The van der Waals surface area contributed by atoms with Gasteiger partial charge in [0.25, 0.3) is 0 Å². The van der Waals surface area contributed by atoms with Crippen LogP contribution in [0.4, 0.5) is 17.5 Å². The maximum absolute atomic E-state index is 6.15. The molecule has 0 amide bonds. The standard InChI is InChI=1S/C25H24N8OS/c1-15-10-17(4-7-22(15)34-18-5-6-21-19(11-18)29-14-32(21)3)30-24-23-20(27-13-28-24)12-26-25(31-23)33-9-8-16(2)35-33/h4-7,10-14,16H,8-9H2,1-3H3,(H,27,28,30). The van der Waals surface area contributed by atoms with Gasteiger partial charge in [0.2, 0.25) is 5.95 Å². The van der Waals surface area contributed by atoms with E-state index in [-0.39, 0.29) is 0 Å². The predicted octanol–water partition coefficient (Wildman–Crippen LogP) is 5.40. The molecular weight excluding hydrogens is 460 g/mol. The van der Waals surface area contributed by atoms with Gasteiger partial charge >= 0.3 is 0 Å². The van der Waals surface area contributed by atoms with Gasteiger partial charge in [0, 0.05) is 30.6 Å². The van der Waals surface area contributed by atoms with Crippen LogP contribution in [0.1, 0.15) is 18.9 Å². The van der Waals surface area contributed by atoms with Crippen LogP contribution < -0.4 is 14.4 Å². The summed E-state index contributed by atoms with van der Waals surface area (Å²) in [6, 6.07) is 11.9. The van der Waals surface area contributed by atoms with Crippen molar-refractivity contribution in [2.75, 3.05) is 16.2 Å². The highest BCUT2D eigenvalue weighted by molar-refractivity contribution is 8.01. The lowest BCUT2D eigenvalue weighted by molar-refractivity contribution is 0.479. The van der Waals surface area contributed by atoms with Crippen LogP contribution in [0.15, 0.2) is 55.2 Å².